The molecule has 0 aliphatic rings. The van der Waals surface area contributed by atoms with Gasteiger partial charge < -0.3 is 10.6 Å². The summed E-state index contributed by atoms with van der Waals surface area (Å²) in [5.74, 6) is 0.0310. The summed E-state index contributed by atoms with van der Waals surface area (Å²) in [6.45, 7) is 8.55. The molecule has 0 saturated carbocycles. The molecule has 0 saturated heterocycles. The highest BCUT2D eigenvalue weighted by Gasteiger charge is 2.18. The van der Waals surface area contributed by atoms with E-state index in [0.29, 0.717) is 0 Å². The molecule has 1 unspecified atom stereocenters. The van der Waals surface area contributed by atoms with Crippen molar-refractivity contribution in [1.29, 1.82) is 0 Å². The molecule has 1 rings (SSSR count). The first-order chi connectivity index (χ1) is 8.28. The number of amides is 1. The van der Waals surface area contributed by atoms with E-state index in [0.717, 1.165) is 18.7 Å². The van der Waals surface area contributed by atoms with Gasteiger partial charge in [0.15, 0.2) is 0 Å². The summed E-state index contributed by atoms with van der Waals surface area (Å²) in [6.07, 6.45) is 2.75. The lowest BCUT2D eigenvalue weighted by Crippen LogP contribution is -2.49. The van der Waals surface area contributed by atoms with Gasteiger partial charge in [0.05, 0.1) is 11.7 Å². The van der Waals surface area contributed by atoms with Crippen LogP contribution in [0.1, 0.15) is 33.4 Å². The van der Waals surface area contributed by atoms with E-state index in [4.69, 9.17) is 0 Å². The van der Waals surface area contributed by atoms with Crippen molar-refractivity contribution in [1.82, 2.24) is 20.4 Å². The lowest BCUT2D eigenvalue weighted by Gasteiger charge is -2.23. The Balaban J connectivity index is 2.28. The largest absolute Gasteiger partial charge is 0.350 e. The molecule has 102 valence electrons. The molecule has 1 heterocycles. The lowest BCUT2D eigenvalue weighted by atomic mass is 10.1. The zero-order valence-electron chi connectivity index (χ0n) is 11.9. The Morgan fingerprint density at radius 1 is 1.50 bits per heavy atom. The van der Waals surface area contributed by atoms with Gasteiger partial charge in [-0.15, -0.1) is 0 Å². The molecule has 2 N–H and O–H groups in total. The summed E-state index contributed by atoms with van der Waals surface area (Å²) < 4.78 is 1.78. The normalized spacial score (nSPS) is 13.4. The van der Waals surface area contributed by atoms with Crippen LogP contribution in [-0.4, -0.2) is 33.8 Å². The summed E-state index contributed by atoms with van der Waals surface area (Å²) in [6, 6.07) is 1.80. The lowest BCUT2D eigenvalue weighted by molar-refractivity contribution is -0.124. The molecule has 1 atom stereocenters. The molecule has 1 aromatic rings. The highest BCUT2D eigenvalue weighted by Crippen LogP contribution is 1.99. The van der Waals surface area contributed by atoms with E-state index in [1.54, 1.807) is 4.68 Å². The van der Waals surface area contributed by atoms with E-state index >= 15 is 0 Å². The van der Waals surface area contributed by atoms with Crippen molar-refractivity contribution in [3.63, 3.8) is 0 Å². The van der Waals surface area contributed by atoms with E-state index in [9.17, 15) is 4.79 Å². The fourth-order valence-electron chi connectivity index (χ4n) is 1.58. The maximum atomic E-state index is 11.8. The maximum Gasteiger partial charge on any atom is 0.237 e. The van der Waals surface area contributed by atoms with Gasteiger partial charge in [0.25, 0.3) is 0 Å². The first-order valence-electron chi connectivity index (χ1n) is 6.32. The Morgan fingerprint density at radius 3 is 2.67 bits per heavy atom. The van der Waals surface area contributed by atoms with E-state index in [2.05, 4.69) is 15.7 Å². The summed E-state index contributed by atoms with van der Waals surface area (Å²) >= 11 is 0. The molecular formula is C13H24N4O. The number of aryl methyl sites for hydroxylation is 1. The second kappa shape index (κ2) is 6.00. The molecule has 18 heavy (non-hydrogen) atoms. The second-order valence-corrected chi connectivity index (χ2v) is 5.65. The SMILES string of the molecule is CC(NCCc1ccn(C)n1)C(=O)NC(C)(C)C. The topological polar surface area (TPSA) is 59.0 Å². The zero-order valence-corrected chi connectivity index (χ0v) is 11.9. The summed E-state index contributed by atoms with van der Waals surface area (Å²) in [7, 11) is 1.90. The third-order valence-corrected chi connectivity index (χ3v) is 2.49. The van der Waals surface area contributed by atoms with Gasteiger partial charge in [-0.2, -0.15) is 5.10 Å². The summed E-state index contributed by atoms with van der Waals surface area (Å²) in [5.41, 5.74) is 0.849. The van der Waals surface area contributed by atoms with Gasteiger partial charge in [0.1, 0.15) is 0 Å². The number of rotatable bonds is 5. The fourth-order valence-corrected chi connectivity index (χ4v) is 1.58. The molecule has 1 amide bonds. The van der Waals surface area contributed by atoms with Crippen LogP contribution < -0.4 is 10.6 Å². The van der Waals surface area contributed by atoms with Gasteiger partial charge >= 0.3 is 0 Å². The van der Waals surface area contributed by atoms with Gasteiger partial charge in [-0.05, 0) is 33.8 Å². The van der Waals surface area contributed by atoms with Crippen molar-refractivity contribution in [2.24, 2.45) is 7.05 Å². The van der Waals surface area contributed by atoms with Crippen LogP contribution in [0.4, 0.5) is 0 Å². The van der Waals surface area contributed by atoms with Crippen LogP contribution in [0.25, 0.3) is 0 Å². The van der Waals surface area contributed by atoms with E-state index in [-0.39, 0.29) is 17.5 Å². The zero-order chi connectivity index (χ0) is 13.8. The summed E-state index contributed by atoms with van der Waals surface area (Å²) in [4.78, 5) is 11.8. The van der Waals surface area contributed by atoms with Gasteiger partial charge in [-0.3, -0.25) is 9.48 Å². The Labute approximate surface area is 109 Å². The number of nitrogens with zero attached hydrogens (tertiary/aromatic N) is 2. The van der Waals surface area contributed by atoms with Crippen LogP contribution in [0.3, 0.4) is 0 Å². The second-order valence-electron chi connectivity index (χ2n) is 5.65. The Kier molecular flexibility index (Phi) is 4.90. The van der Waals surface area contributed by atoms with Crippen LogP contribution in [0.2, 0.25) is 0 Å². The highest BCUT2D eigenvalue weighted by atomic mass is 16.2. The molecule has 0 aromatic carbocycles. The van der Waals surface area contributed by atoms with E-state index in [1.807, 2.05) is 47.0 Å². The molecule has 1 aromatic heterocycles. The quantitative estimate of drug-likeness (QED) is 0.817. The van der Waals surface area contributed by atoms with Crippen molar-refractivity contribution in [2.75, 3.05) is 6.54 Å². The van der Waals surface area contributed by atoms with E-state index in [1.165, 1.54) is 0 Å². The van der Waals surface area contributed by atoms with Crippen molar-refractivity contribution in [3.05, 3.63) is 18.0 Å². The van der Waals surface area contributed by atoms with E-state index < -0.39 is 0 Å². The van der Waals surface area contributed by atoms with Crippen molar-refractivity contribution >= 4 is 5.91 Å². The minimum atomic E-state index is -0.187. The average molecular weight is 252 g/mol. The number of nitrogens with one attached hydrogen (secondary N) is 2. The minimum absolute atomic E-state index is 0.0310. The number of hydrogen-bond donors (Lipinski definition) is 2. The third-order valence-electron chi connectivity index (χ3n) is 2.49. The van der Waals surface area contributed by atoms with Crippen molar-refractivity contribution in [2.45, 2.75) is 45.7 Å². The first kappa shape index (κ1) is 14.7. The highest BCUT2D eigenvalue weighted by molar-refractivity contribution is 5.81. The van der Waals surface area contributed by atoms with Crippen molar-refractivity contribution in [3.8, 4) is 0 Å². The molecule has 0 aliphatic heterocycles. The van der Waals surface area contributed by atoms with Gasteiger partial charge in [-0.1, -0.05) is 0 Å². The molecule has 0 radical (unpaired) electrons. The number of aromatic nitrogens is 2. The summed E-state index contributed by atoms with van der Waals surface area (Å²) in [5, 5.41) is 10.4. The molecule has 0 aliphatic carbocycles. The molecule has 0 bridgehead atoms. The average Bonchev–Trinajstić information content (AvgIpc) is 2.61. The van der Waals surface area contributed by atoms with Crippen LogP contribution >= 0.6 is 0 Å². The van der Waals surface area contributed by atoms with Crippen LogP contribution in [0.15, 0.2) is 12.3 Å². The standard InChI is InChI=1S/C13H24N4O/c1-10(12(18)15-13(2,3)4)14-8-6-11-7-9-17(5)16-11/h7,9-10,14H,6,8H2,1-5H3,(H,15,18). The molecule has 0 spiro atoms. The first-order valence-corrected chi connectivity index (χ1v) is 6.32. The Morgan fingerprint density at radius 2 is 2.17 bits per heavy atom. The predicted molar refractivity (Wildman–Crippen MR) is 72.3 cm³/mol. The fraction of sp³-hybridized carbons (Fsp3) is 0.692. The predicted octanol–water partition coefficient (Wildman–Crippen LogP) is 0.855. The van der Waals surface area contributed by atoms with Gasteiger partial charge in [0, 0.05) is 31.7 Å². The molecule has 5 heteroatoms. The van der Waals surface area contributed by atoms with Gasteiger partial charge in [0.2, 0.25) is 5.91 Å². The Hall–Kier alpha value is -1.36. The number of carbonyl (C=O) groups excluding carboxylic acids is 1. The maximum absolute atomic E-state index is 11.8. The smallest absolute Gasteiger partial charge is 0.237 e. The Bertz CT molecular complexity index is 392. The minimum Gasteiger partial charge on any atom is -0.350 e. The molecular weight excluding hydrogens is 228 g/mol. The van der Waals surface area contributed by atoms with Crippen LogP contribution in [0.5, 0.6) is 0 Å². The third kappa shape index (κ3) is 5.31. The van der Waals surface area contributed by atoms with Crippen LogP contribution in [0, 0.1) is 0 Å². The number of carbonyl (C=O) groups is 1. The molecule has 5 nitrogen and oxygen atoms in total. The molecule has 0 fully saturated rings. The number of hydrogen-bond acceptors (Lipinski definition) is 3. The monoisotopic (exact) mass is 252 g/mol. The van der Waals surface area contributed by atoms with Crippen LogP contribution in [-0.2, 0) is 18.3 Å². The van der Waals surface area contributed by atoms with Gasteiger partial charge in [-0.25, -0.2) is 0 Å². The van der Waals surface area contributed by atoms with Crippen molar-refractivity contribution < 1.29 is 4.79 Å².